The maximum atomic E-state index is 12.0. The van der Waals surface area contributed by atoms with Crippen LogP contribution in [0.25, 0.3) is 0 Å². The molecule has 1 atom stereocenters. The monoisotopic (exact) mass is 321 g/mol. The Morgan fingerprint density at radius 3 is 3.00 bits per heavy atom. The Bertz CT molecular complexity index is 649. The lowest BCUT2D eigenvalue weighted by Crippen LogP contribution is -2.16. The molecule has 1 aromatic carbocycles. The van der Waals surface area contributed by atoms with Crippen molar-refractivity contribution in [1.29, 1.82) is 0 Å². The minimum atomic E-state index is -0.358. The van der Waals surface area contributed by atoms with Crippen LogP contribution in [0.15, 0.2) is 40.8 Å². The summed E-state index contributed by atoms with van der Waals surface area (Å²) >= 11 is 5.66. The summed E-state index contributed by atoms with van der Waals surface area (Å²) in [5.74, 6) is 0.490. The molecule has 116 valence electrons. The third kappa shape index (κ3) is 3.81. The summed E-state index contributed by atoms with van der Waals surface area (Å²) in [7, 11) is 0. The van der Waals surface area contributed by atoms with Gasteiger partial charge in [-0.25, -0.2) is 0 Å². The Kier molecular flexibility index (Phi) is 4.65. The fourth-order valence-electron chi connectivity index (χ4n) is 2.26. The van der Waals surface area contributed by atoms with Gasteiger partial charge in [-0.15, -0.1) is 0 Å². The van der Waals surface area contributed by atoms with Crippen LogP contribution < -0.4 is 10.1 Å². The quantitative estimate of drug-likeness (QED) is 0.911. The van der Waals surface area contributed by atoms with Gasteiger partial charge in [0.1, 0.15) is 12.4 Å². The van der Waals surface area contributed by atoms with Crippen LogP contribution in [0.3, 0.4) is 0 Å². The highest BCUT2D eigenvalue weighted by atomic mass is 35.5. The molecule has 1 aromatic heterocycles. The zero-order chi connectivity index (χ0) is 15.4. The minimum absolute atomic E-state index is 0.156. The summed E-state index contributed by atoms with van der Waals surface area (Å²) in [4.78, 5) is 12.0. The summed E-state index contributed by atoms with van der Waals surface area (Å²) in [6, 6.07) is 10.2. The van der Waals surface area contributed by atoms with E-state index in [1.807, 2.05) is 12.1 Å². The molecule has 1 aliphatic heterocycles. The largest absolute Gasteiger partial charge is 0.491 e. The molecular formula is C16H16ClNO4. The average molecular weight is 322 g/mol. The number of ether oxygens (including phenoxy) is 2. The maximum Gasteiger partial charge on any atom is 0.291 e. The van der Waals surface area contributed by atoms with Gasteiger partial charge in [0.05, 0.1) is 6.10 Å². The molecule has 6 heteroatoms. The predicted molar refractivity (Wildman–Crippen MR) is 82.6 cm³/mol. The van der Waals surface area contributed by atoms with E-state index in [-0.39, 0.29) is 23.0 Å². The second kappa shape index (κ2) is 6.85. The van der Waals surface area contributed by atoms with E-state index >= 15 is 0 Å². The van der Waals surface area contributed by atoms with Gasteiger partial charge in [0.15, 0.2) is 11.0 Å². The highest BCUT2D eigenvalue weighted by molar-refractivity contribution is 6.29. The number of carbonyl (C=O) groups is 1. The smallest absolute Gasteiger partial charge is 0.291 e. The normalized spacial score (nSPS) is 17.4. The summed E-state index contributed by atoms with van der Waals surface area (Å²) in [5.41, 5.74) is 0.627. The average Bonchev–Trinajstić information content (AvgIpc) is 3.17. The molecule has 5 nitrogen and oxygen atoms in total. The molecule has 2 aromatic rings. The Hall–Kier alpha value is -1.98. The zero-order valence-electron chi connectivity index (χ0n) is 11.9. The molecule has 0 bridgehead atoms. The van der Waals surface area contributed by atoms with Crippen molar-refractivity contribution in [1.82, 2.24) is 0 Å². The lowest BCUT2D eigenvalue weighted by molar-refractivity contribution is 0.0680. The first-order valence-electron chi connectivity index (χ1n) is 7.12. The van der Waals surface area contributed by atoms with Gasteiger partial charge in [-0.1, -0.05) is 6.07 Å². The molecular weight excluding hydrogens is 306 g/mol. The molecule has 0 spiro atoms. The molecule has 1 aliphatic rings. The van der Waals surface area contributed by atoms with Crippen LogP contribution in [0.4, 0.5) is 5.69 Å². The van der Waals surface area contributed by atoms with E-state index in [9.17, 15) is 4.79 Å². The molecule has 0 radical (unpaired) electrons. The van der Waals surface area contributed by atoms with E-state index in [1.54, 1.807) is 12.1 Å². The van der Waals surface area contributed by atoms with E-state index in [0.29, 0.717) is 18.0 Å². The van der Waals surface area contributed by atoms with Gasteiger partial charge in [0.2, 0.25) is 0 Å². The number of hydrogen-bond acceptors (Lipinski definition) is 4. The summed E-state index contributed by atoms with van der Waals surface area (Å²) in [6.45, 7) is 1.32. The van der Waals surface area contributed by atoms with Gasteiger partial charge in [0, 0.05) is 18.4 Å². The van der Waals surface area contributed by atoms with Gasteiger partial charge >= 0.3 is 0 Å². The summed E-state index contributed by atoms with van der Waals surface area (Å²) < 4.78 is 16.3. The van der Waals surface area contributed by atoms with Gasteiger partial charge in [-0.05, 0) is 48.7 Å². The standard InChI is InChI=1S/C16H16ClNO4/c17-15-7-6-14(22-15)16(19)18-11-3-1-4-12(9-11)21-10-13-5-2-8-20-13/h1,3-4,6-7,9,13H,2,5,8,10H2,(H,18,19). The Labute approximate surface area is 133 Å². The fraction of sp³-hybridized carbons (Fsp3) is 0.312. The summed E-state index contributed by atoms with van der Waals surface area (Å²) in [5, 5.41) is 2.92. The highest BCUT2D eigenvalue weighted by Gasteiger charge is 2.16. The van der Waals surface area contributed by atoms with Gasteiger partial charge in [-0.3, -0.25) is 4.79 Å². The molecule has 1 saturated heterocycles. The molecule has 2 heterocycles. The number of furan rings is 1. The second-order valence-corrected chi connectivity index (χ2v) is 5.40. The second-order valence-electron chi connectivity index (χ2n) is 5.03. The highest BCUT2D eigenvalue weighted by Crippen LogP contribution is 2.21. The van der Waals surface area contributed by atoms with Crippen molar-refractivity contribution in [2.45, 2.75) is 18.9 Å². The van der Waals surface area contributed by atoms with Crippen molar-refractivity contribution in [3.63, 3.8) is 0 Å². The minimum Gasteiger partial charge on any atom is -0.491 e. The van der Waals surface area contributed by atoms with Crippen molar-refractivity contribution in [3.05, 3.63) is 47.4 Å². The molecule has 1 unspecified atom stereocenters. The number of carbonyl (C=O) groups excluding carboxylic acids is 1. The number of hydrogen-bond donors (Lipinski definition) is 1. The third-order valence-corrected chi connectivity index (χ3v) is 3.55. The molecule has 1 amide bonds. The first-order valence-corrected chi connectivity index (χ1v) is 7.50. The molecule has 0 saturated carbocycles. The number of nitrogens with one attached hydrogen (secondary N) is 1. The van der Waals surface area contributed by atoms with Gasteiger partial charge in [0.25, 0.3) is 5.91 Å². The van der Waals surface area contributed by atoms with Crippen LogP contribution in [0, 0.1) is 0 Å². The van der Waals surface area contributed by atoms with Crippen molar-refractivity contribution < 1.29 is 18.7 Å². The topological polar surface area (TPSA) is 60.7 Å². The first kappa shape index (κ1) is 14.9. The molecule has 1 fully saturated rings. The third-order valence-electron chi connectivity index (χ3n) is 3.35. The SMILES string of the molecule is O=C(Nc1cccc(OCC2CCCO2)c1)c1ccc(Cl)o1. The van der Waals surface area contributed by atoms with Crippen LogP contribution >= 0.6 is 11.6 Å². The first-order chi connectivity index (χ1) is 10.7. The maximum absolute atomic E-state index is 12.0. The number of benzene rings is 1. The van der Waals surface area contributed by atoms with Crippen LogP contribution in [-0.2, 0) is 4.74 Å². The molecule has 22 heavy (non-hydrogen) atoms. The zero-order valence-corrected chi connectivity index (χ0v) is 12.6. The number of anilines is 1. The lowest BCUT2D eigenvalue weighted by atomic mass is 10.2. The predicted octanol–water partition coefficient (Wildman–Crippen LogP) is 3.74. The molecule has 0 aliphatic carbocycles. The van der Waals surface area contributed by atoms with Crippen molar-refractivity contribution in [3.8, 4) is 5.75 Å². The Balaban J connectivity index is 1.59. The van der Waals surface area contributed by atoms with Gasteiger partial charge < -0.3 is 19.2 Å². The van der Waals surface area contributed by atoms with E-state index in [0.717, 1.165) is 19.4 Å². The lowest BCUT2D eigenvalue weighted by Gasteiger charge is -2.12. The van der Waals surface area contributed by atoms with Gasteiger partial charge in [-0.2, -0.15) is 0 Å². The molecule has 1 N–H and O–H groups in total. The molecule has 3 rings (SSSR count). The summed E-state index contributed by atoms with van der Waals surface area (Å²) in [6.07, 6.45) is 2.26. The van der Waals surface area contributed by atoms with Crippen LogP contribution in [0.1, 0.15) is 23.4 Å². The number of amides is 1. The van der Waals surface area contributed by atoms with E-state index < -0.39 is 0 Å². The van der Waals surface area contributed by atoms with E-state index in [2.05, 4.69) is 5.32 Å². The van der Waals surface area contributed by atoms with Crippen LogP contribution in [-0.4, -0.2) is 25.2 Å². The fourth-order valence-corrected chi connectivity index (χ4v) is 2.40. The van der Waals surface area contributed by atoms with E-state index in [4.69, 9.17) is 25.5 Å². The van der Waals surface area contributed by atoms with E-state index in [1.165, 1.54) is 12.1 Å². The van der Waals surface area contributed by atoms with Crippen molar-refractivity contribution >= 4 is 23.2 Å². The van der Waals surface area contributed by atoms with Crippen LogP contribution in [0.2, 0.25) is 5.22 Å². The Morgan fingerprint density at radius 2 is 2.27 bits per heavy atom. The Morgan fingerprint density at radius 1 is 1.36 bits per heavy atom. The number of halogens is 1. The van der Waals surface area contributed by atoms with Crippen molar-refractivity contribution in [2.75, 3.05) is 18.5 Å². The van der Waals surface area contributed by atoms with Crippen molar-refractivity contribution in [2.24, 2.45) is 0 Å². The van der Waals surface area contributed by atoms with Crippen LogP contribution in [0.5, 0.6) is 5.75 Å². The number of rotatable bonds is 5.